The summed E-state index contributed by atoms with van der Waals surface area (Å²) in [5.41, 5.74) is 1.60. The Labute approximate surface area is 187 Å². The number of halogens is 1. The molecule has 0 fully saturated rings. The molecule has 3 aromatic rings. The average molecular weight is 455 g/mol. The minimum Gasteiger partial charge on any atom is -0.480 e. The summed E-state index contributed by atoms with van der Waals surface area (Å²) in [6, 6.07) is 13.5. The number of fused-ring (bicyclic) bond motifs is 1. The monoisotopic (exact) mass is 455 g/mol. The second-order valence-electron chi connectivity index (χ2n) is 7.98. The van der Waals surface area contributed by atoms with Crippen LogP contribution in [-0.4, -0.2) is 29.3 Å². The van der Waals surface area contributed by atoms with E-state index in [1.807, 2.05) is 38.1 Å². The molecule has 0 saturated heterocycles. The molecule has 2 unspecified atom stereocenters. The molecule has 1 aromatic heterocycles. The highest BCUT2D eigenvalue weighted by Gasteiger charge is 2.43. The Morgan fingerprint density at radius 3 is 2.47 bits per heavy atom. The van der Waals surface area contributed by atoms with Crippen LogP contribution in [0.5, 0.6) is 0 Å². The molecule has 0 bridgehead atoms. The summed E-state index contributed by atoms with van der Waals surface area (Å²) in [7, 11) is -1.05. The number of carboxylic acids is 1. The van der Waals surface area contributed by atoms with Gasteiger partial charge in [0.2, 0.25) is 0 Å². The fourth-order valence-corrected chi connectivity index (χ4v) is 4.85. The predicted molar refractivity (Wildman–Crippen MR) is 126 cm³/mol. The maximum Gasteiger partial charge on any atom is 0.318 e. The van der Waals surface area contributed by atoms with Crippen molar-refractivity contribution >= 4 is 24.9 Å². The van der Waals surface area contributed by atoms with Crippen LogP contribution in [0.2, 0.25) is 0 Å². The van der Waals surface area contributed by atoms with Crippen molar-refractivity contribution in [1.29, 1.82) is 0 Å². The third-order valence-electron chi connectivity index (χ3n) is 5.73. The summed E-state index contributed by atoms with van der Waals surface area (Å²) in [6.07, 6.45) is 1.50. The molecule has 168 valence electrons. The number of hydrogen-bond acceptors (Lipinski definition) is 4. The Morgan fingerprint density at radius 1 is 1.25 bits per heavy atom. The number of carboxylic acid groups (broad SMARTS) is 1. The Bertz CT molecular complexity index is 1180. The number of hydrogen-bond donors (Lipinski definition) is 1. The van der Waals surface area contributed by atoms with E-state index < -0.39 is 19.4 Å². The summed E-state index contributed by atoms with van der Waals surface area (Å²) >= 11 is 0. The van der Waals surface area contributed by atoms with E-state index in [9.17, 15) is 18.9 Å². The van der Waals surface area contributed by atoms with Gasteiger partial charge in [0.05, 0.1) is 5.52 Å². The predicted octanol–water partition coefficient (Wildman–Crippen LogP) is 6.18. The number of aliphatic carboxylic acids is 1. The second kappa shape index (κ2) is 9.76. The normalized spacial score (nSPS) is 14.3. The smallest absolute Gasteiger partial charge is 0.318 e. The lowest BCUT2D eigenvalue weighted by Gasteiger charge is -2.32. The van der Waals surface area contributed by atoms with E-state index in [1.54, 1.807) is 12.1 Å². The first-order valence-corrected chi connectivity index (χ1v) is 11.9. The Morgan fingerprint density at radius 2 is 1.91 bits per heavy atom. The minimum absolute atomic E-state index is 0.0331. The lowest BCUT2D eigenvalue weighted by atomic mass is 9.72. The van der Waals surface area contributed by atoms with Crippen molar-refractivity contribution in [2.45, 2.75) is 31.6 Å². The quantitative estimate of drug-likeness (QED) is 0.308. The van der Waals surface area contributed by atoms with Gasteiger partial charge >= 0.3 is 5.97 Å². The van der Waals surface area contributed by atoms with Crippen LogP contribution in [0, 0.1) is 5.82 Å². The summed E-state index contributed by atoms with van der Waals surface area (Å²) in [5, 5.41) is 11.2. The molecule has 3 rings (SSSR count). The molecule has 0 saturated carbocycles. The Balaban J connectivity index is 2.48. The average Bonchev–Trinajstić information content (AvgIpc) is 2.79. The van der Waals surface area contributed by atoms with E-state index in [-0.39, 0.29) is 24.3 Å². The molecule has 0 spiro atoms. The van der Waals surface area contributed by atoms with Crippen LogP contribution in [0.15, 0.2) is 61.2 Å². The van der Waals surface area contributed by atoms with E-state index in [4.69, 9.17) is 9.51 Å². The number of benzene rings is 2. The van der Waals surface area contributed by atoms with Gasteiger partial charge in [-0.3, -0.25) is 14.3 Å². The standard InChI is InChI=1S/C25H27FNO4P/c1-5-25(24(28)29,14-15-32(30)31-4)22-21(17-10-12-18(26)13-11-17)19-8-6-7-9-20(19)27-23(22)16(2)3/h5-13,16,32H,1,14-15H2,2-4H3,(H,28,29). The van der Waals surface area contributed by atoms with Gasteiger partial charge in [-0.2, -0.15) is 0 Å². The molecule has 0 amide bonds. The first-order valence-electron chi connectivity index (χ1n) is 10.4. The highest BCUT2D eigenvalue weighted by Crippen LogP contribution is 2.45. The topological polar surface area (TPSA) is 76.5 Å². The maximum absolute atomic E-state index is 13.7. The van der Waals surface area contributed by atoms with Crippen molar-refractivity contribution < 1.29 is 23.4 Å². The van der Waals surface area contributed by atoms with Gasteiger partial charge in [0.1, 0.15) is 11.2 Å². The molecule has 5 nitrogen and oxygen atoms in total. The van der Waals surface area contributed by atoms with Crippen LogP contribution >= 0.6 is 8.03 Å². The third-order valence-corrected chi connectivity index (χ3v) is 6.84. The summed E-state index contributed by atoms with van der Waals surface area (Å²) in [5.74, 6) is -1.60. The van der Waals surface area contributed by atoms with E-state index in [1.165, 1.54) is 25.3 Å². The summed E-state index contributed by atoms with van der Waals surface area (Å²) in [4.78, 5) is 17.6. The summed E-state index contributed by atoms with van der Waals surface area (Å²) < 4.78 is 30.8. The van der Waals surface area contributed by atoms with Crippen LogP contribution in [-0.2, 0) is 19.3 Å². The van der Waals surface area contributed by atoms with Crippen molar-refractivity contribution in [2.24, 2.45) is 0 Å². The number of aromatic nitrogens is 1. The maximum atomic E-state index is 13.7. The molecular formula is C25H27FNO4P. The van der Waals surface area contributed by atoms with Crippen molar-refractivity contribution in [2.75, 3.05) is 13.3 Å². The van der Waals surface area contributed by atoms with Crippen molar-refractivity contribution in [3.8, 4) is 11.1 Å². The number of nitrogens with zero attached hydrogens (tertiary/aromatic N) is 1. The van der Waals surface area contributed by atoms with E-state index in [0.717, 1.165) is 5.39 Å². The molecular weight excluding hydrogens is 428 g/mol. The van der Waals surface area contributed by atoms with Crippen LogP contribution < -0.4 is 0 Å². The number of pyridine rings is 1. The van der Waals surface area contributed by atoms with Crippen LogP contribution in [0.25, 0.3) is 22.0 Å². The molecule has 7 heteroatoms. The Hall–Kier alpha value is -2.82. The van der Waals surface area contributed by atoms with Gasteiger partial charge in [-0.1, -0.05) is 50.3 Å². The van der Waals surface area contributed by atoms with E-state index in [2.05, 4.69) is 6.58 Å². The lowest BCUT2D eigenvalue weighted by molar-refractivity contribution is -0.142. The van der Waals surface area contributed by atoms with Crippen LogP contribution in [0.4, 0.5) is 4.39 Å². The number of para-hydroxylation sites is 1. The lowest BCUT2D eigenvalue weighted by Crippen LogP contribution is -2.36. The van der Waals surface area contributed by atoms with Gasteiger partial charge in [-0.25, -0.2) is 4.39 Å². The zero-order valence-corrected chi connectivity index (χ0v) is 19.4. The van der Waals surface area contributed by atoms with E-state index >= 15 is 0 Å². The summed E-state index contributed by atoms with van der Waals surface area (Å²) in [6.45, 7) is 7.76. The van der Waals surface area contributed by atoms with Gasteiger partial charge in [0, 0.05) is 29.9 Å². The highest BCUT2D eigenvalue weighted by molar-refractivity contribution is 7.39. The third kappa shape index (κ3) is 4.38. The highest BCUT2D eigenvalue weighted by atomic mass is 31.1. The van der Waals surface area contributed by atoms with Crippen LogP contribution in [0.1, 0.15) is 37.4 Å². The first kappa shape index (κ1) is 23.8. The zero-order valence-electron chi connectivity index (χ0n) is 18.4. The molecule has 0 aliphatic carbocycles. The van der Waals surface area contributed by atoms with Crippen molar-refractivity contribution in [1.82, 2.24) is 4.98 Å². The largest absolute Gasteiger partial charge is 0.480 e. The molecule has 2 aromatic carbocycles. The number of carbonyl (C=O) groups is 1. The van der Waals surface area contributed by atoms with Crippen molar-refractivity contribution in [3.63, 3.8) is 0 Å². The van der Waals surface area contributed by atoms with Gasteiger partial charge in [0.25, 0.3) is 0 Å². The SMILES string of the molecule is C=CC(CC[PH](=O)OC)(C(=O)O)c1c(C(C)C)nc2ccccc2c1-c1ccc(F)cc1. The fraction of sp³-hybridized carbons (Fsp3) is 0.280. The molecule has 1 N–H and O–H groups in total. The molecule has 0 aliphatic heterocycles. The second-order valence-corrected chi connectivity index (χ2v) is 9.63. The Kier molecular flexibility index (Phi) is 7.27. The van der Waals surface area contributed by atoms with Gasteiger partial charge in [-0.15, -0.1) is 6.58 Å². The molecule has 1 heterocycles. The zero-order chi connectivity index (χ0) is 23.5. The first-order chi connectivity index (χ1) is 15.2. The minimum atomic E-state index is -2.40. The number of rotatable bonds is 9. The molecule has 0 radical (unpaired) electrons. The molecule has 32 heavy (non-hydrogen) atoms. The van der Waals surface area contributed by atoms with Crippen LogP contribution in [0.3, 0.4) is 0 Å². The molecule has 2 atom stereocenters. The van der Waals surface area contributed by atoms with Crippen molar-refractivity contribution in [3.05, 3.63) is 78.3 Å². The van der Waals surface area contributed by atoms with E-state index in [0.29, 0.717) is 27.9 Å². The van der Waals surface area contributed by atoms with Gasteiger partial charge in [0.15, 0.2) is 8.03 Å². The van der Waals surface area contributed by atoms with Gasteiger partial charge < -0.3 is 9.63 Å². The fourth-order valence-electron chi connectivity index (χ4n) is 4.05. The van der Waals surface area contributed by atoms with Gasteiger partial charge in [-0.05, 0) is 41.7 Å². The molecule has 0 aliphatic rings.